The molecule has 0 saturated heterocycles. The smallest absolute Gasteiger partial charge is 0.228 e. The minimum Gasteiger partial charge on any atom is -0.497 e. The number of nitrogens with zero attached hydrogens (tertiary/aromatic N) is 2. The second-order valence-electron chi connectivity index (χ2n) is 6.24. The van der Waals surface area contributed by atoms with E-state index < -0.39 is 0 Å². The number of aromatic nitrogens is 2. The molecule has 26 heavy (non-hydrogen) atoms. The summed E-state index contributed by atoms with van der Waals surface area (Å²) < 4.78 is 7.15. The van der Waals surface area contributed by atoms with Crippen LogP contribution in [0.1, 0.15) is 35.8 Å². The Bertz CT molecular complexity index is 856. The summed E-state index contributed by atoms with van der Waals surface area (Å²) in [5, 5.41) is 3.15. The molecule has 2 atom stereocenters. The summed E-state index contributed by atoms with van der Waals surface area (Å²) in [4.78, 5) is 17.3. The summed E-state index contributed by atoms with van der Waals surface area (Å²) in [5.74, 6) is 1.26. The summed E-state index contributed by atoms with van der Waals surface area (Å²) >= 11 is 0. The first-order chi connectivity index (χ1) is 12.6. The maximum atomic E-state index is 12.9. The van der Waals surface area contributed by atoms with Gasteiger partial charge in [-0.15, -0.1) is 0 Å². The molecule has 5 nitrogen and oxygen atoms in total. The molecule has 0 unspecified atom stereocenters. The molecule has 3 rings (SSSR count). The molecule has 134 valence electrons. The Hall–Kier alpha value is -3.08. The summed E-state index contributed by atoms with van der Waals surface area (Å²) in [6.07, 6.45) is 3.61. The summed E-state index contributed by atoms with van der Waals surface area (Å²) in [6.45, 7) is 1.91. The molecule has 0 aliphatic heterocycles. The van der Waals surface area contributed by atoms with Gasteiger partial charge in [-0.2, -0.15) is 0 Å². The Kier molecular flexibility index (Phi) is 5.37. The Morgan fingerprint density at radius 1 is 1.08 bits per heavy atom. The third-order valence-electron chi connectivity index (χ3n) is 4.55. The van der Waals surface area contributed by atoms with Crippen LogP contribution in [0.5, 0.6) is 5.75 Å². The van der Waals surface area contributed by atoms with E-state index in [1.54, 1.807) is 13.3 Å². The fourth-order valence-corrected chi connectivity index (χ4v) is 2.91. The fraction of sp³-hybridized carbons (Fsp3) is 0.238. The first-order valence-corrected chi connectivity index (χ1v) is 8.56. The maximum absolute atomic E-state index is 12.9. The normalized spacial score (nSPS) is 13.0. The van der Waals surface area contributed by atoms with Crippen LogP contribution in [0.3, 0.4) is 0 Å². The lowest BCUT2D eigenvalue weighted by Gasteiger charge is -2.22. The molecule has 3 aromatic rings. The van der Waals surface area contributed by atoms with Gasteiger partial charge in [-0.3, -0.25) is 4.79 Å². The number of nitrogens with one attached hydrogen (secondary N) is 1. The highest BCUT2D eigenvalue weighted by molar-refractivity contribution is 5.83. The standard InChI is InChI=1S/C21H23N3O2/c1-15(16-7-5-4-6-8-16)21(25)23-19(20-22-13-14-24(20)2)17-9-11-18(26-3)12-10-17/h4-15,19H,1-3H3,(H,23,25)/t15-,19+/m0/s1. The van der Waals surface area contributed by atoms with E-state index in [0.717, 1.165) is 22.7 Å². The van der Waals surface area contributed by atoms with Gasteiger partial charge in [0.05, 0.1) is 13.0 Å². The molecule has 0 bridgehead atoms. The molecule has 0 aliphatic carbocycles. The van der Waals surface area contributed by atoms with Gasteiger partial charge in [-0.05, 0) is 30.2 Å². The fourth-order valence-electron chi connectivity index (χ4n) is 2.91. The highest BCUT2D eigenvalue weighted by Crippen LogP contribution is 2.24. The molecule has 2 aromatic carbocycles. The second-order valence-corrected chi connectivity index (χ2v) is 6.24. The van der Waals surface area contributed by atoms with Crippen molar-refractivity contribution in [3.05, 3.63) is 83.9 Å². The molecule has 1 N–H and O–H groups in total. The van der Waals surface area contributed by atoms with Gasteiger partial charge >= 0.3 is 0 Å². The minimum absolute atomic E-state index is 0.0416. The van der Waals surface area contributed by atoms with Crippen molar-refractivity contribution >= 4 is 5.91 Å². The van der Waals surface area contributed by atoms with Gasteiger partial charge in [0.2, 0.25) is 5.91 Å². The zero-order valence-corrected chi connectivity index (χ0v) is 15.2. The molecule has 1 aromatic heterocycles. The van der Waals surface area contributed by atoms with E-state index in [1.165, 1.54) is 0 Å². The number of methoxy groups -OCH3 is 1. The molecule has 1 amide bonds. The topological polar surface area (TPSA) is 56.1 Å². The lowest BCUT2D eigenvalue weighted by atomic mass is 9.99. The summed E-state index contributed by atoms with van der Waals surface area (Å²) in [7, 11) is 3.56. The van der Waals surface area contributed by atoms with Gasteiger partial charge in [-0.1, -0.05) is 42.5 Å². The van der Waals surface area contributed by atoms with Crippen molar-refractivity contribution in [2.75, 3.05) is 7.11 Å². The largest absolute Gasteiger partial charge is 0.497 e. The van der Waals surface area contributed by atoms with Gasteiger partial charge in [0.25, 0.3) is 0 Å². The van der Waals surface area contributed by atoms with Crippen molar-refractivity contribution < 1.29 is 9.53 Å². The Morgan fingerprint density at radius 2 is 1.77 bits per heavy atom. The van der Waals surface area contributed by atoms with Crippen molar-refractivity contribution in [1.29, 1.82) is 0 Å². The molecule has 0 saturated carbocycles. The second kappa shape index (κ2) is 7.87. The Balaban J connectivity index is 1.88. The molecule has 5 heteroatoms. The predicted octanol–water partition coefficient (Wildman–Crippen LogP) is 3.44. The van der Waals surface area contributed by atoms with Crippen molar-refractivity contribution in [2.24, 2.45) is 7.05 Å². The summed E-state index contributed by atoms with van der Waals surface area (Å²) in [6, 6.07) is 17.1. The van der Waals surface area contributed by atoms with Crippen molar-refractivity contribution in [3.8, 4) is 5.75 Å². The van der Waals surface area contributed by atoms with Gasteiger partial charge in [0.15, 0.2) is 0 Å². The van der Waals surface area contributed by atoms with E-state index in [1.807, 2.05) is 79.3 Å². The quantitative estimate of drug-likeness (QED) is 0.742. The van der Waals surface area contributed by atoms with E-state index in [4.69, 9.17) is 4.74 Å². The molecule has 0 aliphatic rings. The highest BCUT2D eigenvalue weighted by atomic mass is 16.5. The number of amides is 1. The molecular formula is C21H23N3O2. The lowest BCUT2D eigenvalue weighted by Crippen LogP contribution is -2.34. The number of rotatable bonds is 6. The van der Waals surface area contributed by atoms with E-state index in [0.29, 0.717) is 0 Å². The number of ether oxygens (including phenoxy) is 1. The van der Waals surface area contributed by atoms with E-state index >= 15 is 0 Å². The number of aryl methyl sites for hydroxylation is 1. The first-order valence-electron chi connectivity index (χ1n) is 8.56. The molecule has 0 radical (unpaired) electrons. The van der Waals surface area contributed by atoms with Crippen molar-refractivity contribution in [2.45, 2.75) is 18.9 Å². The first kappa shape index (κ1) is 17.7. The number of benzene rings is 2. The van der Waals surface area contributed by atoms with Crippen LogP contribution in [-0.2, 0) is 11.8 Å². The van der Waals surface area contributed by atoms with Crippen LogP contribution in [0.15, 0.2) is 67.0 Å². The van der Waals surface area contributed by atoms with Crippen LogP contribution < -0.4 is 10.1 Å². The Morgan fingerprint density at radius 3 is 2.35 bits per heavy atom. The third-order valence-corrected chi connectivity index (χ3v) is 4.55. The SMILES string of the molecule is COc1ccc([C@@H](NC(=O)[C@@H](C)c2ccccc2)c2nccn2C)cc1. The zero-order valence-electron chi connectivity index (χ0n) is 15.2. The van der Waals surface area contributed by atoms with Crippen LogP contribution in [0.4, 0.5) is 0 Å². The highest BCUT2D eigenvalue weighted by Gasteiger charge is 2.24. The van der Waals surface area contributed by atoms with Gasteiger partial charge in [-0.25, -0.2) is 4.98 Å². The lowest BCUT2D eigenvalue weighted by molar-refractivity contribution is -0.122. The average Bonchev–Trinajstić information content (AvgIpc) is 3.11. The number of hydrogen-bond donors (Lipinski definition) is 1. The van der Waals surface area contributed by atoms with E-state index in [9.17, 15) is 4.79 Å². The average molecular weight is 349 g/mol. The monoisotopic (exact) mass is 349 g/mol. The number of carbonyl (C=O) groups excluding carboxylic acids is 1. The van der Waals surface area contributed by atoms with Gasteiger partial charge in [0, 0.05) is 19.4 Å². The van der Waals surface area contributed by atoms with Crippen LogP contribution in [-0.4, -0.2) is 22.6 Å². The molecular weight excluding hydrogens is 326 g/mol. The summed E-state index contributed by atoms with van der Waals surface area (Å²) in [5.41, 5.74) is 1.94. The minimum atomic E-state index is -0.334. The van der Waals surface area contributed by atoms with Crippen LogP contribution in [0, 0.1) is 0 Å². The van der Waals surface area contributed by atoms with Gasteiger partial charge < -0.3 is 14.6 Å². The van der Waals surface area contributed by atoms with Crippen LogP contribution in [0.25, 0.3) is 0 Å². The van der Waals surface area contributed by atoms with Crippen molar-refractivity contribution in [3.63, 3.8) is 0 Å². The molecule has 1 heterocycles. The van der Waals surface area contributed by atoms with Crippen LogP contribution >= 0.6 is 0 Å². The Labute approximate surface area is 153 Å². The number of hydrogen-bond acceptors (Lipinski definition) is 3. The predicted molar refractivity (Wildman–Crippen MR) is 101 cm³/mol. The number of imidazole rings is 1. The molecule has 0 fully saturated rings. The van der Waals surface area contributed by atoms with Crippen LogP contribution in [0.2, 0.25) is 0 Å². The zero-order chi connectivity index (χ0) is 18.5. The number of carbonyl (C=O) groups is 1. The van der Waals surface area contributed by atoms with E-state index in [-0.39, 0.29) is 17.9 Å². The maximum Gasteiger partial charge on any atom is 0.228 e. The molecule has 0 spiro atoms. The van der Waals surface area contributed by atoms with E-state index in [2.05, 4.69) is 10.3 Å². The van der Waals surface area contributed by atoms with Gasteiger partial charge in [0.1, 0.15) is 17.6 Å². The third kappa shape index (κ3) is 3.77. The van der Waals surface area contributed by atoms with Crippen molar-refractivity contribution in [1.82, 2.24) is 14.9 Å².